The number of carbonyl (C=O) groups excluding carboxylic acids is 1. The van der Waals surface area contributed by atoms with Gasteiger partial charge in [-0.15, -0.1) is 0 Å². The highest BCUT2D eigenvalue weighted by molar-refractivity contribution is 7.91. The van der Waals surface area contributed by atoms with Crippen molar-refractivity contribution in [2.75, 3.05) is 64.4 Å². The largest absolute Gasteiger partial charge is 0.480 e. The van der Waals surface area contributed by atoms with Crippen molar-refractivity contribution in [1.29, 1.82) is 0 Å². The lowest BCUT2D eigenvalue weighted by molar-refractivity contribution is -0.242. The molecular formula is C43H74N4O5S. The number of carboxylic acids is 1. The SMILES string of the molecule is C=C(C)[C@@H]1CC[C@]2(CN(C)CCCN3CCS(=O)(=O)CC3)CC[C@]3(C)[C@H](CC[C@@H]4[C@@]5(C)CCN(CC(=O)NC(C)(C)C(=O)O)C(C)(C)[C@@H]5CC[C@]43C)[C@@H]12. The maximum Gasteiger partial charge on any atom is 0.328 e. The minimum atomic E-state index is -2.84. The fourth-order valence-corrected chi connectivity index (χ4v) is 15.6. The van der Waals surface area contributed by atoms with E-state index >= 15 is 0 Å². The Morgan fingerprint density at radius 3 is 2.23 bits per heavy atom. The smallest absolute Gasteiger partial charge is 0.328 e. The lowest BCUT2D eigenvalue weighted by Crippen LogP contribution is -2.70. The normalized spacial score (nSPS) is 41.1. The van der Waals surface area contributed by atoms with Crippen LogP contribution in [-0.4, -0.2) is 116 Å². The van der Waals surface area contributed by atoms with E-state index in [1.807, 2.05) is 0 Å². The molecule has 2 aliphatic heterocycles. The van der Waals surface area contributed by atoms with Gasteiger partial charge in [-0.3, -0.25) is 9.69 Å². The first-order valence-corrected chi connectivity index (χ1v) is 22.9. The number of hydrogen-bond acceptors (Lipinski definition) is 7. The van der Waals surface area contributed by atoms with E-state index in [1.165, 1.54) is 56.9 Å². The number of fused-ring (bicyclic) bond motifs is 7. The molecule has 2 saturated heterocycles. The van der Waals surface area contributed by atoms with Crippen LogP contribution in [0.15, 0.2) is 12.2 Å². The molecule has 2 heterocycles. The molecule has 53 heavy (non-hydrogen) atoms. The Hall–Kier alpha value is -1.49. The maximum absolute atomic E-state index is 13.2. The molecule has 6 rings (SSSR count). The molecule has 0 unspecified atom stereocenters. The molecule has 4 aliphatic carbocycles. The summed E-state index contributed by atoms with van der Waals surface area (Å²) in [4.78, 5) is 32.2. The summed E-state index contributed by atoms with van der Waals surface area (Å²) in [5, 5.41) is 12.4. The topological polar surface area (TPSA) is 110 Å². The molecular weight excluding hydrogens is 685 g/mol. The second-order valence-corrected chi connectivity index (χ2v) is 23.2. The van der Waals surface area contributed by atoms with Gasteiger partial charge in [0.2, 0.25) is 5.91 Å². The van der Waals surface area contributed by atoms with Gasteiger partial charge >= 0.3 is 5.97 Å². The van der Waals surface area contributed by atoms with Gasteiger partial charge in [-0.2, -0.15) is 0 Å². The minimum Gasteiger partial charge on any atom is -0.480 e. The fourth-order valence-electron chi connectivity index (χ4n) is 14.4. The highest BCUT2D eigenvalue weighted by Crippen LogP contribution is 2.77. The number of hydrogen-bond donors (Lipinski definition) is 2. The molecule has 0 aromatic carbocycles. The van der Waals surface area contributed by atoms with Crippen molar-refractivity contribution in [3.05, 3.63) is 12.2 Å². The minimum absolute atomic E-state index is 0.161. The van der Waals surface area contributed by atoms with Crippen LogP contribution in [0.2, 0.25) is 0 Å². The van der Waals surface area contributed by atoms with Crippen LogP contribution in [0, 0.1) is 51.2 Å². The van der Waals surface area contributed by atoms with E-state index in [2.05, 4.69) is 75.2 Å². The third kappa shape index (κ3) is 7.09. The first kappa shape index (κ1) is 41.2. The summed E-state index contributed by atoms with van der Waals surface area (Å²) in [6, 6.07) is 0. The zero-order chi connectivity index (χ0) is 39.0. The van der Waals surface area contributed by atoms with Gasteiger partial charge in [0.1, 0.15) is 5.54 Å². The van der Waals surface area contributed by atoms with Gasteiger partial charge in [0.25, 0.3) is 0 Å². The number of rotatable bonds is 11. The Morgan fingerprint density at radius 1 is 0.906 bits per heavy atom. The number of sulfone groups is 1. The van der Waals surface area contributed by atoms with Crippen molar-refractivity contribution in [2.45, 2.75) is 131 Å². The van der Waals surface area contributed by atoms with Crippen molar-refractivity contribution in [3.63, 3.8) is 0 Å². The average molecular weight is 759 g/mol. The van der Waals surface area contributed by atoms with Crippen LogP contribution in [0.1, 0.15) is 120 Å². The molecule has 6 aliphatic rings. The number of piperidine rings is 1. The van der Waals surface area contributed by atoms with Crippen LogP contribution in [0.4, 0.5) is 0 Å². The molecule has 0 aromatic heterocycles. The van der Waals surface area contributed by atoms with Gasteiger partial charge in [-0.1, -0.05) is 32.9 Å². The zero-order valence-corrected chi connectivity index (χ0v) is 35.7. The highest BCUT2D eigenvalue weighted by atomic mass is 32.2. The molecule has 0 aromatic rings. The van der Waals surface area contributed by atoms with E-state index in [0.717, 1.165) is 39.0 Å². The molecule has 0 bridgehead atoms. The Kier molecular flexibility index (Phi) is 11.0. The standard InChI is InChI=1S/C43H74N4O5S/c1-30(2)31-14-17-43(29-45(10)21-11-22-46-24-26-53(51,52)27-25-46)19-18-41(8)32(36(31)43)12-13-34-40(7)20-23-47(28-35(48)44-38(3,4)37(49)50)39(5,6)33(40)15-16-42(34,41)9/h31-34,36H,1,11-29H2,2-10H3,(H,44,48)(H,49,50)/t31-,32+,33-,34+,36+,40-,41+,42+,43+/m0/s1. The lowest BCUT2D eigenvalue weighted by Gasteiger charge is -2.73. The number of nitrogens with zero attached hydrogens (tertiary/aromatic N) is 3. The van der Waals surface area contributed by atoms with Crippen LogP contribution < -0.4 is 5.32 Å². The van der Waals surface area contributed by atoms with Crippen LogP contribution in [0.5, 0.6) is 0 Å². The number of nitrogens with one attached hydrogen (secondary N) is 1. The van der Waals surface area contributed by atoms with Crippen molar-refractivity contribution >= 4 is 21.7 Å². The van der Waals surface area contributed by atoms with Gasteiger partial charge in [-0.25, -0.2) is 13.2 Å². The predicted molar refractivity (Wildman–Crippen MR) is 213 cm³/mol. The lowest BCUT2D eigenvalue weighted by atomic mass is 9.33. The molecule has 9 atom stereocenters. The van der Waals surface area contributed by atoms with E-state index in [0.29, 0.717) is 59.6 Å². The Morgan fingerprint density at radius 2 is 1.58 bits per heavy atom. The summed E-state index contributed by atoms with van der Waals surface area (Å²) in [7, 11) is -0.511. The Balaban J connectivity index is 1.17. The van der Waals surface area contributed by atoms with Crippen LogP contribution in [0.3, 0.4) is 0 Å². The van der Waals surface area contributed by atoms with Crippen molar-refractivity contribution in [2.24, 2.45) is 51.2 Å². The first-order chi connectivity index (χ1) is 24.5. The van der Waals surface area contributed by atoms with Gasteiger partial charge in [-0.05, 0) is 177 Å². The summed E-state index contributed by atoms with van der Waals surface area (Å²) < 4.78 is 23.9. The fraction of sp³-hybridized carbons (Fsp3) is 0.907. The second-order valence-electron chi connectivity index (χ2n) is 20.9. The first-order valence-electron chi connectivity index (χ1n) is 21.1. The van der Waals surface area contributed by atoms with Crippen LogP contribution in [0.25, 0.3) is 0 Å². The number of amides is 1. The van der Waals surface area contributed by atoms with Crippen LogP contribution in [-0.2, 0) is 19.4 Å². The summed E-state index contributed by atoms with van der Waals surface area (Å²) in [5.41, 5.74) is 0.979. The third-order valence-electron chi connectivity index (χ3n) is 17.5. The van der Waals surface area contributed by atoms with Gasteiger partial charge in [0, 0.05) is 25.2 Å². The van der Waals surface area contributed by atoms with Crippen LogP contribution >= 0.6 is 0 Å². The monoisotopic (exact) mass is 759 g/mol. The maximum atomic E-state index is 13.2. The highest BCUT2D eigenvalue weighted by Gasteiger charge is 2.70. The average Bonchev–Trinajstić information content (AvgIpc) is 3.43. The molecule has 2 N–H and O–H groups in total. The Bertz CT molecular complexity index is 1530. The number of carbonyl (C=O) groups is 2. The quantitative estimate of drug-likeness (QED) is 0.235. The predicted octanol–water partition coefficient (Wildman–Crippen LogP) is 6.34. The summed E-state index contributed by atoms with van der Waals surface area (Å²) in [5.74, 6) is 2.46. The molecule has 1 amide bonds. The van der Waals surface area contributed by atoms with Gasteiger partial charge < -0.3 is 20.2 Å². The summed E-state index contributed by atoms with van der Waals surface area (Å²) in [6.45, 7) is 28.4. The number of allylic oxidation sites excluding steroid dienone is 1. The molecule has 9 nitrogen and oxygen atoms in total. The van der Waals surface area contributed by atoms with Crippen molar-refractivity contribution in [1.82, 2.24) is 20.0 Å². The zero-order valence-electron chi connectivity index (χ0n) is 34.9. The molecule has 0 spiro atoms. The number of carboxylic acid groups (broad SMARTS) is 1. The van der Waals surface area contributed by atoms with E-state index in [1.54, 1.807) is 13.8 Å². The van der Waals surface area contributed by atoms with Gasteiger partial charge in [0.05, 0.1) is 18.1 Å². The molecule has 6 fully saturated rings. The summed E-state index contributed by atoms with van der Waals surface area (Å²) >= 11 is 0. The number of likely N-dealkylation sites (tertiary alicyclic amines) is 1. The number of aliphatic carboxylic acids is 1. The van der Waals surface area contributed by atoms with E-state index in [4.69, 9.17) is 0 Å². The van der Waals surface area contributed by atoms with E-state index < -0.39 is 21.3 Å². The Labute approximate surface area is 322 Å². The second kappa shape index (κ2) is 14.2. The van der Waals surface area contributed by atoms with E-state index in [-0.39, 0.29) is 34.2 Å². The third-order valence-corrected chi connectivity index (χ3v) is 19.1. The van der Waals surface area contributed by atoms with Crippen molar-refractivity contribution in [3.8, 4) is 0 Å². The molecule has 302 valence electrons. The van der Waals surface area contributed by atoms with Crippen molar-refractivity contribution < 1.29 is 23.1 Å². The molecule has 0 radical (unpaired) electrons. The van der Waals surface area contributed by atoms with E-state index in [9.17, 15) is 23.1 Å². The molecule has 10 heteroatoms. The molecule has 4 saturated carbocycles. The van der Waals surface area contributed by atoms with Gasteiger partial charge in [0.15, 0.2) is 9.84 Å². The summed E-state index contributed by atoms with van der Waals surface area (Å²) in [6.07, 6.45) is 12.3.